The Balaban J connectivity index is 2.01. The first kappa shape index (κ1) is 15.0. The topological polar surface area (TPSA) is 139 Å². The maximum atomic E-state index is 10.8. The molecule has 9 heteroatoms. The number of anilines is 1. The van der Waals surface area contributed by atoms with Gasteiger partial charge in [0.25, 0.3) is 0 Å². The summed E-state index contributed by atoms with van der Waals surface area (Å²) in [5.41, 5.74) is 6.63. The second-order valence-corrected chi connectivity index (χ2v) is 6.31. The van der Waals surface area contributed by atoms with Crippen LogP contribution in [0.15, 0.2) is 18.2 Å². The fourth-order valence-corrected chi connectivity index (χ4v) is 3.31. The van der Waals surface area contributed by atoms with E-state index in [0.717, 1.165) is 5.56 Å². The van der Waals surface area contributed by atoms with Gasteiger partial charge in [-0.25, -0.2) is 4.79 Å². The molecule has 0 amide bonds. The highest BCUT2D eigenvalue weighted by molar-refractivity contribution is 8.20. The molecule has 0 saturated carbocycles. The third kappa shape index (κ3) is 3.20. The Morgan fingerprint density at radius 1 is 1.50 bits per heavy atom. The van der Waals surface area contributed by atoms with Crippen LogP contribution in [0.2, 0.25) is 0 Å². The van der Waals surface area contributed by atoms with E-state index < -0.39 is 23.2 Å². The van der Waals surface area contributed by atoms with Crippen LogP contribution >= 0.6 is 11.0 Å². The van der Waals surface area contributed by atoms with E-state index >= 15 is 0 Å². The number of benzene rings is 1. The Labute approximate surface area is 117 Å². The minimum atomic E-state index is -3.13. The van der Waals surface area contributed by atoms with Gasteiger partial charge in [-0.15, -0.1) is 0 Å². The molecule has 8 nitrogen and oxygen atoms in total. The summed E-state index contributed by atoms with van der Waals surface area (Å²) >= 11 is 0. The number of nitrogens with zero attached hydrogens (tertiary/aromatic N) is 1. The fourth-order valence-electron chi connectivity index (χ4n) is 2.03. The zero-order chi connectivity index (χ0) is 14.9. The van der Waals surface area contributed by atoms with Gasteiger partial charge in [-0.2, -0.15) is 9.03 Å². The molecule has 1 heterocycles. The lowest BCUT2D eigenvalue weighted by molar-refractivity contribution is 0.0698. The summed E-state index contributed by atoms with van der Waals surface area (Å²) < 4.78 is 23.0. The molecule has 20 heavy (non-hydrogen) atoms. The first-order valence-electron chi connectivity index (χ1n) is 5.90. The minimum absolute atomic E-state index is 0.0382. The Morgan fingerprint density at radius 3 is 2.70 bits per heavy atom. The predicted molar refractivity (Wildman–Crippen MR) is 75.1 cm³/mol. The van der Waals surface area contributed by atoms with Crippen molar-refractivity contribution in [2.75, 3.05) is 18.8 Å². The van der Waals surface area contributed by atoms with Crippen LogP contribution in [-0.2, 0) is 6.42 Å². The number of rotatable bonds is 4. The Bertz CT molecular complexity index is 525. The lowest BCUT2D eigenvalue weighted by Gasteiger charge is -2.35. The normalized spacial score (nSPS) is 23.6. The number of aliphatic hydroxyl groups is 1. The number of carboxylic acids is 1. The van der Waals surface area contributed by atoms with E-state index in [0.29, 0.717) is 13.0 Å². The molecule has 1 unspecified atom stereocenters. The molecule has 2 rings (SSSR count). The van der Waals surface area contributed by atoms with Crippen LogP contribution in [0.4, 0.5) is 5.69 Å². The van der Waals surface area contributed by atoms with Gasteiger partial charge in [0, 0.05) is 12.2 Å². The second-order valence-electron chi connectivity index (χ2n) is 4.52. The molecule has 0 aliphatic carbocycles. The Kier molecular flexibility index (Phi) is 4.18. The van der Waals surface area contributed by atoms with E-state index in [1.165, 1.54) is 10.4 Å². The Hall–Kier alpha value is -1.36. The smallest absolute Gasteiger partial charge is 0.337 e. The zero-order valence-corrected chi connectivity index (χ0v) is 11.4. The van der Waals surface area contributed by atoms with Gasteiger partial charge < -0.3 is 15.9 Å². The lowest BCUT2D eigenvalue weighted by atomic mass is 10.1. The average molecular weight is 303 g/mol. The van der Waals surface area contributed by atoms with E-state index in [-0.39, 0.29) is 17.8 Å². The number of nitrogens with two attached hydrogens (primary N) is 1. The molecule has 112 valence electrons. The van der Waals surface area contributed by atoms with Crippen LogP contribution in [-0.4, -0.2) is 48.9 Å². The van der Waals surface area contributed by atoms with Crippen LogP contribution in [0.5, 0.6) is 0 Å². The van der Waals surface area contributed by atoms with Gasteiger partial charge >= 0.3 is 5.97 Å². The number of carboxylic acid groups (broad SMARTS) is 1. The molecule has 1 aromatic rings. The monoisotopic (exact) mass is 303 g/mol. The number of hydrogen-bond acceptors (Lipinski definition) is 7. The highest BCUT2D eigenvalue weighted by Gasteiger charge is 2.34. The maximum absolute atomic E-state index is 10.8. The number of nitrogens with one attached hydrogen (secondary N) is 1. The van der Waals surface area contributed by atoms with Crippen molar-refractivity contribution in [3.8, 4) is 0 Å². The summed E-state index contributed by atoms with van der Waals surface area (Å²) in [6, 6.07) is 4.60. The van der Waals surface area contributed by atoms with Crippen molar-refractivity contribution in [2.45, 2.75) is 12.6 Å². The van der Waals surface area contributed by atoms with Crippen molar-refractivity contribution in [1.29, 1.82) is 0 Å². The fraction of sp³-hybridized carbons (Fsp3) is 0.364. The number of carbonyl (C=O) groups is 1. The van der Waals surface area contributed by atoms with E-state index in [9.17, 15) is 19.0 Å². The van der Waals surface area contributed by atoms with Gasteiger partial charge in [0.2, 0.25) is 0 Å². The molecule has 0 radical (unpaired) electrons. The maximum Gasteiger partial charge on any atom is 0.337 e. The van der Waals surface area contributed by atoms with E-state index in [1.807, 2.05) is 0 Å². The van der Waals surface area contributed by atoms with Gasteiger partial charge in [-0.1, -0.05) is 17.0 Å². The third-order valence-corrected chi connectivity index (χ3v) is 4.67. The predicted octanol–water partition coefficient (Wildman–Crippen LogP) is 0.314. The first-order valence-corrected chi connectivity index (χ1v) is 7.40. The molecule has 1 aromatic carbocycles. The van der Waals surface area contributed by atoms with Crippen LogP contribution < -0.4 is 10.5 Å². The molecule has 1 saturated heterocycles. The van der Waals surface area contributed by atoms with Crippen molar-refractivity contribution < 1.29 is 24.1 Å². The standard InChI is InChI=1S/C11H17N3O5S/c12-9-5-7(1-2-8(9)11(16)17)3-4-14-6-10(15)13-20(14,18)19/h1-2,5,10,13,15,18-19H,3-4,6,12H2,(H,16,17). The SMILES string of the molecule is Nc1cc(CCN2CC(O)NS2(O)O)ccc1C(=O)O. The highest BCUT2D eigenvalue weighted by Crippen LogP contribution is 2.43. The van der Waals surface area contributed by atoms with Gasteiger partial charge in [0.15, 0.2) is 0 Å². The average Bonchev–Trinajstić information content (AvgIpc) is 2.58. The van der Waals surface area contributed by atoms with Gasteiger partial charge in [0.05, 0.1) is 12.1 Å². The summed E-state index contributed by atoms with van der Waals surface area (Å²) in [5.74, 6) is -1.09. The molecule has 0 aromatic heterocycles. The quantitative estimate of drug-likeness (QED) is 0.437. The van der Waals surface area contributed by atoms with E-state index in [1.54, 1.807) is 12.1 Å². The molecular weight excluding hydrogens is 286 g/mol. The summed E-state index contributed by atoms with van der Waals surface area (Å²) in [5, 5.41) is 18.2. The van der Waals surface area contributed by atoms with Gasteiger partial charge in [0.1, 0.15) is 6.23 Å². The first-order chi connectivity index (χ1) is 9.29. The number of aromatic carboxylic acids is 1. The molecule has 0 bridgehead atoms. The van der Waals surface area contributed by atoms with Crippen LogP contribution in [0.1, 0.15) is 15.9 Å². The molecule has 7 N–H and O–H groups in total. The van der Waals surface area contributed by atoms with Crippen molar-refractivity contribution in [2.24, 2.45) is 0 Å². The number of hydrogen-bond donors (Lipinski definition) is 6. The summed E-state index contributed by atoms with van der Waals surface area (Å²) in [4.78, 5) is 10.8. The zero-order valence-electron chi connectivity index (χ0n) is 10.6. The second kappa shape index (κ2) is 5.56. The molecule has 0 spiro atoms. The number of aliphatic hydroxyl groups excluding tert-OH is 1. The van der Waals surface area contributed by atoms with Crippen molar-refractivity contribution in [3.63, 3.8) is 0 Å². The molecular formula is C11H17N3O5S. The third-order valence-electron chi connectivity index (χ3n) is 3.03. The van der Waals surface area contributed by atoms with Crippen LogP contribution in [0.3, 0.4) is 0 Å². The molecule has 1 aliphatic heterocycles. The van der Waals surface area contributed by atoms with E-state index in [4.69, 9.17) is 10.8 Å². The minimum Gasteiger partial charge on any atom is -0.478 e. The summed E-state index contributed by atoms with van der Waals surface area (Å²) in [6.07, 6.45) is -0.520. The number of nitrogen functional groups attached to an aromatic ring is 1. The lowest BCUT2D eigenvalue weighted by Crippen LogP contribution is -2.27. The van der Waals surface area contributed by atoms with Crippen molar-refractivity contribution in [3.05, 3.63) is 29.3 Å². The van der Waals surface area contributed by atoms with Crippen LogP contribution in [0, 0.1) is 0 Å². The molecule has 1 atom stereocenters. The molecule has 1 aliphatic rings. The van der Waals surface area contributed by atoms with Crippen molar-refractivity contribution in [1.82, 2.24) is 9.03 Å². The highest BCUT2D eigenvalue weighted by atomic mass is 32.3. The van der Waals surface area contributed by atoms with Gasteiger partial charge in [-0.3, -0.25) is 9.11 Å². The number of β-amino-alcohol motifs (C(OH)–C–C–N with tert-alkyl or cyclic N) is 1. The van der Waals surface area contributed by atoms with E-state index in [2.05, 4.69) is 4.72 Å². The Morgan fingerprint density at radius 2 is 2.20 bits per heavy atom. The van der Waals surface area contributed by atoms with Gasteiger partial charge in [-0.05, 0) is 24.1 Å². The van der Waals surface area contributed by atoms with Crippen LogP contribution in [0.25, 0.3) is 0 Å². The summed E-state index contributed by atoms with van der Waals surface area (Å²) in [7, 11) is -3.13. The molecule has 1 fully saturated rings. The van der Waals surface area contributed by atoms with Crippen molar-refractivity contribution >= 4 is 22.6 Å². The summed E-state index contributed by atoms with van der Waals surface area (Å²) in [6.45, 7) is 0.420. The largest absolute Gasteiger partial charge is 0.478 e.